The van der Waals surface area contributed by atoms with Crippen LogP contribution in [0.2, 0.25) is 0 Å². The second kappa shape index (κ2) is 7.40. The van der Waals surface area contributed by atoms with Crippen LogP contribution in [0.4, 0.5) is 19.4 Å². The molecule has 156 valence electrons. The zero-order chi connectivity index (χ0) is 20.8. The minimum Gasteiger partial charge on any atom is -0.331 e. The van der Waals surface area contributed by atoms with Crippen molar-refractivity contribution >= 4 is 21.7 Å². The Bertz CT molecular complexity index is 1050. The van der Waals surface area contributed by atoms with E-state index in [2.05, 4.69) is 15.7 Å². The number of hydrogen-bond acceptors (Lipinski definition) is 4. The molecule has 0 unspecified atom stereocenters. The van der Waals surface area contributed by atoms with Gasteiger partial charge in [0.25, 0.3) is 0 Å². The molecular weight excluding hydrogens is 402 g/mol. The maximum Gasteiger partial charge on any atom is 0.320 e. The Morgan fingerprint density at radius 3 is 2.59 bits per heavy atom. The molecule has 1 aliphatic carbocycles. The lowest BCUT2D eigenvalue weighted by atomic mass is 10.1. The molecule has 4 rings (SSSR count). The predicted molar refractivity (Wildman–Crippen MR) is 103 cm³/mol. The van der Waals surface area contributed by atoms with E-state index in [9.17, 15) is 22.0 Å². The van der Waals surface area contributed by atoms with Crippen LogP contribution >= 0.6 is 0 Å². The molecule has 0 radical (unpaired) electrons. The number of halogens is 2. The van der Waals surface area contributed by atoms with Gasteiger partial charge < -0.3 is 5.32 Å². The maximum absolute atomic E-state index is 13.4. The lowest BCUT2D eigenvalue weighted by Gasteiger charge is -2.17. The monoisotopic (exact) mass is 424 g/mol. The van der Waals surface area contributed by atoms with E-state index in [1.807, 2.05) is 0 Å². The molecule has 1 aromatic heterocycles. The van der Waals surface area contributed by atoms with Crippen LogP contribution in [0, 0.1) is 11.6 Å². The molecule has 1 saturated carbocycles. The second-order valence-corrected chi connectivity index (χ2v) is 9.95. The first-order valence-electron chi connectivity index (χ1n) is 9.54. The van der Waals surface area contributed by atoms with Crippen LogP contribution in [0.1, 0.15) is 55.4 Å². The Kier molecular flexibility index (Phi) is 5.05. The number of rotatable bonds is 5. The van der Waals surface area contributed by atoms with Gasteiger partial charge in [0, 0.05) is 12.0 Å². The van der Waals surface area contributed by atoms with Gasteiger partial charge in [-0.3, -0.25) is 5.32 Å². The van der Waals surface area contributed by atoms with Gasteiger partial charge in [-0.1, -0.05) is 6.07 Å². The number of aromatic nitrogens is 2. The van der Waals surface area contributed by atoms with E-state index in [4.69, 9.17) is 0 Å². The fraction of sp³-hybridized carbons (Fsp3) is 0.474. The average Bonchev–Trinajstić information content (AvgIpc) is 3.32. The topological polar surface area (TPSA) is 93.1 Å². The number of nitrogens with zero attached hydrogens (tertiary/aromatic N) is 2. The third kappa shape index (κ3) is 4.42. The maximum atomic E-state index is 13.4. The molecule has 2 N–H and O–H groups in total. The molecule has 2 aliphatic rings. The molecule has 0 bridgehead atoms. The third-order valence-electron chi connectivity index (χ3n) is 5.34. The SMILES string of the molecule is C[C@@H](NC(=O)Nc1cc(C2CC2)nn1[C@@H]1CCS(=O)(=O)C1)c1ccc(F)c(F)c1. The first-order chi connectivity index (χ1) is 13.7. The molecule has 29 heavy (non-hydrogen) atoms. The molecule has 1 aromatic carbocycles. The first-order valence-corrected chi connectivity index (χ1v) is 11.4. The Morgan fingerprint density at radius 2 is 1.97 bits per heavy atom. The normalized spacial score (nSPS) is 21.7. The van der Waals surface area contributed by atoms with Crippen LogP contribution in [0.25, 0.3) is 0 Å². The fourth-order valence-corrected chi connectivity index (χ4v) is 5.24. The highest BCUT2D eigenvalue weighted by Crippen LogP contribution is 2.41. The Balaban J connectivity index is 1.49. The summed E-state index contributed by atoms with van der Waals surface area (Å²) in [6.45, 7) is 1.66. The van der Waals surface area contributed by atoms with Gasteiger partial charge in [-0.15, -0.1) is 0 Å². The molecule has 10 heteroatoms. The highest BCUT2D eigenvalue weighted by Gasteiger charge is 2.34. The van der Waals surface area contributed by atoms with Crippen molar-refractivity contribution in [1.29, 1.82) is 0 Å². The highest BCUT2D eigenvalue weighted by molar-refractivity contribution is 7.91. The minimum absolute atomic E-state index is 0.000342. The van der Waals surface area contributed by atoms with Gasteiger partial charge >= 0.3 is 6.03 Å². The fourth-order valence-electron chi connectivity index (χ4n) is 3.55. The van der Waals surface area contributed by atoms with Crippen LogP contribution in [0.3, 0.4) is 0 Å². The molecule has 2 aromatic rings. The van der Waals surface area contributed by atoms with Gasteiger partial charge in [0.15, 0.2) is 21.5 Å². The predicted octanol–water partition coefficient (Wildman–Crippen LogP) is 3.28. The van der Waals surface area contributed by atoms with Gasteiger partial charge in [-0.05, 0) is 43.9 Å². The van der Waals surface area contributed by atoms with Crippen LogP contribution in [0.5, 0.6) is 0 Å². The lowest BCUT2D eigenvalue weighted by Crippen LogP contribution is -2.32. The summed E-state index contributed by atoms with van der Waals surface area (Å²) in [5, 5.41) is 9.96. The summed E-state index contributed by atoms with van der Waals surface area (Å²) in [5.74, 6) is -1.04. The number of amides is 2. The van der Waals surface area contributed by atoms with E-state index in [0.717, 1.165) is 30.7 Å². The summed E-state index contributed by atoms with van der Waals surface area (Å²) >= 11 is 0. The van der Waals surface area contributed by atoms with Crippen LogP contribution in [-0.2, 0) is 9.84 Å². The van der Waals surface area contributed by atoms with Gasteiger partial charge in [0.05, 0.1) is 29.3 Å². The second-order valence-electron chi connectivity index (χ2n) is 7.72. The van der Waals surface area contributed by atoms with Crippen LogP contribution in [-0.4, -0.2) is 35.7 Å². The van der Waals surface area contributed by atoms with E-state index in [0.29, 0.717) is 23.7 Å². The molecule has 2 atom stereocenters. The largest absolute Gasteiger partial charge is 0.331 e. The number of urea groups is 1. The summed E-state index contributed by atoms with van der Waals surface area (Å²) in [5.41, 5.74) is 1.27. The molecular formula is C19H22F2N4O3S. The van der Waals surface area contributed by atoms with Crippen molar-refractivity contribution in [1.82, 2.24) is 15.1 Å². The first kappa shape index (κ1) is 19.8. The van der Waals surface area contributed by atoms with Gasteiger partial charge in [0.1, 0.15) is 5.82 Å². The number of carbonyl (C=O) groups excluding carboxylic acids is 1. The summed E-state index contributed by atoms with van der Waals surface area (Å²) in [4.78, 5) is 12.5. The highest BCUT2D eigenvalue weighted by atomic mass is 32.2. The molecule has 7 nitrogen and oxygen atoms in total. The summed E-state index contributed by atoms with van der Waals surface area (Å²) in [6.07, 6.45) is 2.51. The Hall–Kier alpha value is -2.49. The molecule has 1 saturated heterocycles. The number of anilines is 1. The van der Waals surface area contributed by atoms with Crippen LogP contribution in [0.15, 0.2) is 24.3 Å². The molecule has 0 spiro atoms. The number of benzene rings is 1. The van der Waals surface area contributed by atoms with Crippen LogP contribution < -0.4 is 10.6 Å². The van der Waals surface area contributed by atoms with E-state index in [-0.39, 0.29) is 17.5 Å². The molecule has 2 heterocycles. The number of hydrogen-bond donors (Lipinski definition) is 2. The summed E-state index contributed by atoms with van der Waals surface area (Å²) in [6, 6.07) is 3.83. The number of sulfone groups is 1. The van der Waals surface area contributed by atoms with Crippen molar-refractivity contribution in [3.05, 3.63) is 47.2 Å². The lowest BCUT2D eigenvalue weighted by molar-refractivity contribution is 0.249. The summed E-state index contributed by atoms with van der Waals surface area (Å²) < 4.78 is 51.8. The van der Waals surface area contributed by atoms with E-state index >= 15 is 0 Å². The minimum atomic E-state index is -3.10. The standard InChI is InChI=1S/C19H22F2N4O3S/c1-11(13-4-5-15(20)16(21)8-13)22-19(26)23-18-9-17(12-2-3-12)24-25(18)14-6-7-29(27,28)10-14/h4-5,8-9,11-12,14H,2-3,6-7,10H2,1H3,(H2,22,23,26)/t11-,14-/m1/s1. The smallest absolute Gasteiger partial charge is 0.320 e. The van der Waals surface area contributed by atoms with Gasteiger partial charge in [0.2, 0.25) is 0 Å². The van der Waals surface area contributed by atoms with E-state index < -0.39 is 33.5 Å². The van der Waals surface area contributed by atoms with Crippen molar-refractivity contribution in [2.45, 2.75) is 44.2 Å². The van der Waals surface area contributed by atoms with Gasteiger partial charge in [-0.2, -0.15) is 5.10 Å². The summed E-state index contributed by atoms with van der Waals surface area (Å²) in [7, 11) is -3.10. The molecule has 2 amide bonds. The van der Waals surface area contributed by atoms with Crippen molar-refractivity contribution in [2.75, 3.05) is 16.8 Å². The van der Waals surface area contributed by atoms with Crippen molar-refractivity contribution < 1.29 is 22.0 Å². The zero-order valence-corrected chi connectivity index (χ0v) is 16.7. The Labute approximate surface area is 167 Å². The average molecular weight is 424 g/mol. The quantitative estimate of drug-likeness (QED) is 0.770. The van der Waals surface area contributed by atoms with Crippen molar-refractivity contribution in [2.24, 2.45) is 0 Å². The molecule has 2 fully saturated rings. The third-order valence-corrected chi connectivity index (χ3v) is 7.09. The molecule has 1 aliphatic heterocycles. The van der Waals surface area contributed by atoms with E-state index in [1.165, 1.54) is 6.07 Å². The van der Waals surface area contributed by atoms with Crippen molar-refractivity contribution in [3.63, 3.8) is 0 Å². The number of carbonyl (C=O) groups is 1. The Morgan fingerprint density at radius 1 is 1.21 bits per heavy atom. The zero-order valence-electron chi connectivity index (χ0n) is 15.9. The van der Waals surface area contributed by atoms with Crippen molar-refractivity contribution in [3.8, 4) is 0 Å². The van der Waals surface area contributed by atoms with Gasteiger partial charge in [-0.25, -0.2) is 26.7 Å². The number of nitrogens with one attached hydrogen (secondary N) is 2. The van der Waals surface area contributed by atoms with E-state index in [1.54, 1.807) is 17.7 Å².